The number of carbonyl (C=O) groups excluding carboxylic acids is 1. The highest BCUT2D eigenvalue weighted by Gasteiger charge is 2.17. The summed E-state index contributed by atoms with van der Waals surface area (Å²) in [6, 6.07) is 0. The van der Waals surface area contributed by atoms with E-state index in [9.17, 15) is 9.59 Å². The van der Waals surface area contributed by atoms with E-state index in [1.165, 1.54) is 17.1 Å². The summed E-state index contributed by atoms with van der Waals surface area (Å²) in [5.41, 5.74) is 0.537. The topological polar surface area (TPSA) is 96.2 Å². The average Bonchev–Trinajstić information content (AvgIpc) is 2.76. The quantitative estimate of drug-likeness (QED) is 0.712. The first kappa shape index (κ1) is 13.5. The summed E-state index contributed by atoms with van der Waals surface area (Å²) in [6.45, 7) is 1.70. The van der Waals surface area contributed by atoms with Crippen molar-refractivity contribution in [2.75, 3.05) is 18.4 Å². The van der Waals surface area contributed by atoms with Crippen LogP contribution >= 0.6 is 0 Å². The third-order valence-corrected chi connectivity index (χ3v) is 3.09. The normalized spacial score (nSPS) is 19.1. The Balaban J connectivity index is 1.81. The number of rotatable bonds is 5. The largest absolute Gasteiger partial charge is 0.480 e. The number of carbonyl (C=O) groups is 2. The Hall–Kier alpha value is -1.89. The predicted octanol–water partition coefficient (Wildman–Crippen LogP) is 0.296. The Morgan fingerprint density at radius 3 is 3.11 bits per heavy atom. The van der Waals surface area contributed by atoms with Crippen LogP contribution in [0.4, 0.5) is 5.69 Å². The molecule has 1 fully saturated rings. The van der Waals surface area contributed by atoms with Crippen LogP contribution in [0.5, 0.6) is 0 Å². The fraction of sp³-hybridized carbons (Fsp3) is 0.583. The molecule has 1 unspecified atom stereocenters. The van der Waals surface area contributed by atoms with Gasteiger partial charge >= 0.3 is 5.97 Å². The maximum Gasteiger partial charge on any atom is 0.325 e. The number of hydrogen-bond donors (Lipinski definition) is 3. The highest BCUT2D eigenvalue weighted by Crippen LogP contribution is 2.15. The van der Waals surface area contributed by atoms with E-state index < -0.39 is 5.97 Å². The van der Waals surface area contributed by atoms with Crippen molar-refractivity contribution in [2.24, 2.45) is 5.92 Å². The van der Waals surface area contributed by atoms with E-state index in [2.05, 4.69) is 15.7 Å². The summed E-state index contributed by atoms with van der Waals surface area (Å²) in [4.78, 5) is 22.3. The molecule has 1 amide bonds. The van der Waals surface area contributed by atoms with E-state index in [4.69, 9.17) is 5.11 Å². The van der Waals surface area contributed by atoms with E-state index in [0.717, 1.165) is 25.9 Å². The van der Waals surface area contributed by atoms with Crippen molar-refractivity contribution < 1.29 is 14.7 Å². The second-order valence-corrected chi connectivity index (χ2v) is 4.79. The van der Waals surface area contributed by atoms with Gasteiger partial charge in [-0.15, -0.1) is 0 Å². The summed E-state index contributed by atoms with van der Waals surface area (Å²) < 4.78 is 1.28. The maximum absolute atomic E-state index is 11.8. The van der Waals surface area contributed by atoms with Crippen LogP contribution in [0.25, 0.3) is 0 Å². The van der Waals surface area contributed by atoms with Gasteiger partial charge in [0.25, 0.3) is 0 Å². The smallest absolute Gasteiger partial charge is 0.325 e. The van der Waals surface area contributed by atoms with Crippen molar-refractivity contribution >= 4 is 17.6 Å². The second-order valence-electron chi connectivity index (χ2n) is 4.79. The maximum atomic E-state index is 11.8. The predicted molar refractivity (Wildman–Crippen MR) is 68.7 cm³/mol. The van der Waals surface area contributed by atoms with Gasteiger partial charge in [0.2, 0.25) is 5.91 Å². The van der Waals surface area contributed by atoms with Crippen LogP contribution in [0.2, 0.25) is 0 Å². The SMILES string of the molecule is O=C(O)Cn1cc(NC(=O)CC2CCCNC2)cn1. The molecular weight excluding hydrogens is 248 g/mol. The zero-order valence-corrected chi connectivity index (χ0v) is 10.6. The van der Waals surface area contributed by atoms with Crippen LogP contribution in [0, 0.1) is 5.92 Å². The molecule has 0 bridgehead atoms. The molecule has 2 rings (SSSR count). The Kier molecular flexibility index (Phi) is 4.51. The number of piperidine rings is 1. The molecule has 1 aromatic rings. The van der Waals surface area contributed by atoms with Crippen molar-refractivity contribution in [2.45, 2.75) is 25.8 Å². The number of nitrogens with zero attached hydrogens (tertiary/aromatic N) is 2. The van der Waals surface area contributed by atoms with Gasteiger partial charge in [-0.2, -0.15) is 5.10 Å². The number of aliphatic carboxylic acids is 1. The van der Waals surface area contributed by atoms with Gasteiger partial charge in [-0.05, 0) is 31.8 Å². The lowest BCUT2D eigenvalue weighted by molar-refractivity contribution is -0.137. The molecule has 3 N–H and O–H groups in total. The number of carboxylic acid groups (broad SMARTS) is 1. The standard InChI is InChI=1S/C12H18N4O3/c17-11(4-9-2-1-3-13-5-9)15-10-6-14-16(7-10)8-12(18)19/h6-7,9,13H,1-5,8H2,(H,15,17)(H,18,19). The monoisotopic (exact) mass is 266 g/mol. The number of carboxylic acids is 1. The van der Waals surface area contributed by atoms with Gasteiger partial charge in [0.15, 0.2) is 0 Å². The summed E-state index contributed by atoms with van der Waals surface area (Å²) in [6.07, 6.45) is 5.63. The molecule has 0 aliphatic carbocycles. The van der Waals surface area contributed by atoms with E-state index in [1.54, 1.807) is 0 Å². The van der Waals surface area contributed by atoms with E-state index in [0.29, 0.717) is 18.0 Å². The molecular formula is C12H18N4O3. The molecule has 0 radical (unpaired) electrons. The van der Waals surface area contributed by atoms with Gasteiger partial charge in [0.05, 0.1) is 11.9 Å². The van der Waals surface area contributed by atoms with Gasteiger partial charge < -0.3 is 15.7 Å². The van der Waals surface area contributed by atoms with Gasteiger partial charge in [0, 0.05) is 12.6 Å². The van der Waals surface area contributed by atoms with Gasteiger partial charge in [-0.25, -0.2) is 0 Å². The number of anilines is 1. The second kappa shape index (κ2) is 6.33. The Labute approximate surface area is 111 Å². The summed E-state index contributed by atoms with van der Waals surface area (Å²) >= 11 is 0. The van der Waals surface area contributed by atoms with Crippen molar-refractivity contribution in [1.29, 1.82) is 0 Å². The Bertz CT molecular complexity index is 452. The number of nitrogens with one attached hydrogen (secondary N) is 2. The molecule has 1 aliphatic rings. The molecule has 0 saturated carbocycles. The first-order valence-corrected chi connectivity index (χ1v) is 6.38. The van der Waals surface area contributed by atoms with Crippen molar-refractivity contribution in [3.05, 3.63) is 12.4 Å². The lowest BCUT2D eigenvalue weighted by Crippen LogP contribution is -2.32. The minimum absolute atomic E-state index is 0.0522. The molecule has 1 atom stereocenters. The molecule has 104 valence electrons. The molecule has 19 heavy (non-hydrogen) atoms. The highest BCUT2D eigenvalue weighted by molar-refractivity contribution is 5.90. The first-order valence-electron chi connectivity index (χ1n) is 6.38. The van der Waals surface area contributed by atoms with E-state index in [1.807, 2.05) is 0 Å². The fourth-order valence-electron chi connectivity index (χ4n) is 2.23. The molecule has 2 heterocycles. The van der Waals surface area contributed by atoms with E-state index in [-0.39, 0.29) is 12.5 Å². The van der Waals surface area contributed by atoms with Gasteiger partial charge in [0.1, 0.15) is 6.54 Å². The minimum atomic E-state index is -0.964. The van der Waals surface area contributed by atoms with Crippen LogP contribution in [-0.2, 0) is 16.1 Å². The Morgan fingerprint density at radius 2 is 2.42 bits per heavy atom. The molecule has 0 spiro atoms. The summed E-state index contributed by atoms with van der Waals surface area (Å²) in [5.74, 6) is -0.638. The third-order valence-electron chi connectivity index (χ3n) is 3.09. The molecule has 7 nitrogen and oxygen atoms in total. The van der Waals surface area contributed by atoms with Crippen LogP contribution in [0.15, 0.2) is 12.4 Å². The number of hydrogen-bond acceptors (Lipinski definition) is 4. The molecule has 0 aromatic carbocycles. The number of amides is 1. The molecule has 1 aromatic heterocycles. The van der Waals surface area contributed by atoms with Gasteiger partial charge in [-0.1, -0.05) is 0 Å². The summed E-state index contributed by atoms with van der Waals surface area (Å²) in [7, 11) is 0. The first-order chi connectivity index (χ1) is 9.13. The number of aromatic nitrogens is 2. The van der Waals surface area contributed by atoms with E-state index >= 15 is 0 Å². The van der Waals surface area contributed by atoms with Crippen molar-refractivity contribution in [1.82, 2.24) is 15.1 Å². The zero-order valence-electron chi connectivity index (χ0n) is 10.6. The fourth-order valence-corrected chi connectivity index (χ4v) is 2.23. The Morgan fingerprint density at radius 1 is 1.58 bits per heavy atom. The van der Waals surface area contributed by atoms with Crippen LogP contribution < -0.4 is 10.6 Å². The van der Waals surface area contributed by atoms with Gasteiger partial charge in [-0.3, -0.25) is 14.3 Å². The molecule has 7 heteroatoms. The zero-order chi connectivity index (χ0) is 13.7. The van der Waals surface area contributed by atoms with Crippen LogP contribution in [-0.4, -0.2) is 39.9 Å². The molecule has 1 aliphatic heterocycles. The molecule has 1 saturated heterocycles. The lowest BCUT2D eigenvalue weighted by Gasteiger charge is -2.21. The highest BCUT2D eigenvalue weighted by atomic mass is 16.4. The average molecular weight is 266 g/mol. The van der Waals surface area contributed by atoms with Crippen LogP contribution in [0.1, 0.15) is 19.3 Å². The van der Waals surface area contributed by atoms with Crippen molar-refractivity contribution in [3.63, 3.8) is 0 Å². The minimum Gasteiger partial charge on any atom is -0.480 e. The van der Waals surface area contributed by atoms with Crippen LogP contribution in [0.3, 0.4) is 0 Å². The van der Waals surface area contributed by atoms with Crippen molar-refractivity contribution in [3.8, 4) is 0 Å². The lowest BCUT2D eigenvalue weighted by atomic mass is 9.96. The summed E-state index contributed by atoms with van der Waals surface area (Å²) in [5, 5.41) is 18.5. The third kappa shape index (κ3) is 4.36.